The van der Waals surface area contributed by atoms with Gasteiger partial charge in [0.2, 0.25) is 11.6 Å². The van der Waals surface area contributed by atoms with E-state index in [4.69, 9.17) is 11.6 Å². The van der Waals surface area contributed by atoms with Crippen LogP contribution in [0.2, 0.25) is 5.02 Å². The van der Waals surface area contributed by atoms with Crippen molar-refractivity contribution in [2.24, 2.45) is 0 Å². The van der Waals surface area contributed by atoms with Crippen LogP contribution in [0.5, 0.6) is 0 Å². The molecule has 2 aromatic carbocycles. The predicted octanol–water partition coefficient (Wildman–Crippen LogP) is 5.28. The number of halogens is 4. The average Bonchev–Trinajstić information content (AvgIpc) is 2.66. The predicted molar refractivity (Wildman–Crippen MR) is 110 cm³/mol. The number of amides is 1. The summed E-state index contributed by atoms with van der Waals surface area (Å²) in [7, 11) is 0. The first-order chi connectivity index (χ1) is 14.0. The van der Waals surface area contributed by atoms with Crippen molar-refractivity contribution in [2.45, 2.75) is 39.4 Å². The first-order valence-corrected chi connectivity index (χ1v) is 9.57. The molecule has 1 heterocycles. The van der Waals surface area contributed by atoms with Crippen molar-refractivity contribution in [3.8, 4) is 0 Å². The number of benzene rings is 2. The van der Waals surface area contributed by atoms with E-state index in [0.717, 1.165) is 15.7 Å². The van der Waals surface area contributed by atoms with Gasteiger partial charge in [-0.25, -0.2) is 4.98 Å². The molecule has 0 bridgehead atoms. The lowest BCUT2D eigenvalue weighted by Gasteiger charge is -2.22. The first kappa shape index (κ1) is 21.8. The zero-order chi connectivity index (χ0) is 22.2. The molecule has 3 aromatic rings. The van der Waals surface area contributed by atoms with E-state index in [0.29, 0.717) is 10.7 Å². The SMILES string of the molecule is CCC(C(=O)Nc1ccc(Cl)cc1)n1c(=O)c(C(F)(F)F)nc2cc(C)c(C)cc21. The fourth-order valence-electron chi connectivity index (χ4n) is 3.20. The highest BCUT2D eigenvalue weighted by Gasteiger charge is 2.38. The molecule has 0 radical (unpaired) electrons. The van der Waals surface area contributed by atoms with Gasteiger partial charge in [0.15, 0.2) is 0 Å². The summed E-state index contributed by atoms with van der Waals surface area (Å²) >= 11 is 5.84. The second-order valence-corrected chi connectivity index (χ2v) is 7.42. The molecular formula is C21H19ClF3N3O2. The molecule has 9 heteroatoms. The van der Waals surface area contributed by atoms with Gasteiger partial charge in [0.25, 0.3) is 5.56 Å². The van der Waals surface area contributed by atoms with Crippen LogP contribution < -0.4 is 10.9 Å². The molecule has 0 fully saturated rings. The summed E-state index contributed by atoms with van der Waals surface area (Å²) in [5.41, 5.74) is -0.807. The molecule has 0 spiro atoms. The molecule has 1 N–H and O–H groups in total. The minimum absolute atomic E-state index is 0.00256. The Labute approximate surface area is 175 Å². The maximum absolute atomic E-state index is 13.5. The van der Waals surface area contributed by atoms with E-state index in [-0.39, 0.29) is 17.5 Å². The summed E-state index contributed by atoms with van der Waals surface area (Å²) in [6.45, 7) is 5.14. The van der Waals surface area contributed by atoms with Gasteiger partial charge < -0.3 is 5.32 Å². The third-order valence-electron chi connectivity index (χ3n) is 4.89. The first-order valence-electron chi connectivity index (χ1n) is 9.20. The van der Waals surface area contributed by atoms with E-state index in [1.54, 1.807) is 51.1 Å². The van der Waals surface area contributed by atoms with Crippen molar-refractivity contribution in [3.05, 3.63) is 68.6 Å². The number of carbonyl (C=O) groups is 1. The topological polar surface area (TPSA) is 64.0 Å². The van der Waals surface area contributed by atoms with Crippen molar-refractivity contribution in [2.75, 3.05) is 5.32 Å². The molecule has 5 nitrogen and oxygen atoms in total. The molecule has 0 aliphatic carbocycles. The van der Waals surface area contributed by atoms with Crippen molar-refractivity contribution in [3.63, 3.8) is 0 Å². The fourth-order valence-corrected chi connectivity index (χ4v) is 3.32. The number of hydrogen-bond acceptors (Lipinski definition) is 3. The van der Waals surface area contributed by atoms with Gasteiger partial charge >= 0.3 is 6.18 Å². The third kappa shape index (κ3) is 4.18. The second kappa shape index (κ2) is 8.10. The maximum Gasteiger partial charge on any atom is 0.438 e. The van der Waals surface area contributed by atoms with Crippen LogP contribution >= 0.6 is 11.6 Å². The van der Waals surface area contributed by atoms with E-state index in [9.17, 15) is 22.8 Å². The van der Waals surface area contributed by atoms with E-state index in [1.807, 2.05) is 0 Å². The Kier molecular flexibility index (Phi) is 5.90. The van der Waals surface area contributed by atoms with Gasteiger partial charge in [-0.3, -0.25) is 14.2 Å². The summed E-state index contributed by atoms with van der Waals surface area (Å²) in [5, 5.41) is 3.11. The van der Waals surface area contributed by atoms with E-state index < -0.39 is 29.4 Å². The van der Waals surface area contributed by atoms with Crippen LogP contribution in [0, 0.1) is 13.8 Å². The number of anilines is 1. The molecule has 0 aliphatic rings. The van der Waals surface area contributed by atoms with Crippen molar-refractivity contribution in [1.29, 1.82) is 0 Å². The van der Waals surface area contributed by atoms with Crippen LogP contribution in [-0.2, 0) is 11.0 Å². The number of carbonyl (C=O) groups excluding carboxylic acids is 1. The average molecular weight is 438 g/mol. The third-order valence-corrected chi connectivity index (χ3v) is 5.14. The Balaban J connectivity index is 2.21. The van der Waals surface area contributed by atoms with Crippen LogP contribution in [0.4, 0.5) is 18.9 Å². The molecule has 1 unspecified atom stereocenters. The summed E-state index contributed by atoms with van der Waals surface area (Å²) < 4.78 is 41.4. The summed E-state index contributed by atoms with van der Waals surface area (Å²) in [6, 6.07) is 8.17. The Morgan fingerprint density at radius 3 is 2.33 bits per heavy atom. The number of alkyl halides is 3. The van der Waals surface area contributed by atoms with E-state index >= 15 is 0 Å². The van der Waals surface area contributed by atoms with Crippen LogP contribution in [-0.4, -0.2) is 15.5 Å². The molecule has 1 atom stereocenters. The van der Waals surface area contributed by atoms with Gasteiger partial charge in [-0.05, 0) is 67.8 Å². The number of nitrogens with zero attached hydrogens (tertiary/aromatic N) is 2. The van der Waals surface area contributed by atoms with E-state index in [1.165, 1.54) is 6.07 Å². The van der Waals surface area contributed by atoms with Crippen molar-refractivity contribution >= 4 is 34.2 Å². The number of aryl methyl sites for hydroxylation is 2. The highest BCUT2D eigenvalue weighted by Crippen LogP contribution is 2.29. The monoisotopic (exact) mass is 437 g/mol. The van der Waals surface area contributed by atoms with Gasteiger partial charge in [-0.2, -0.15) is 13.2 Å². The van der Waals surface area contributed by atoms with Crippen LogP contribution in [0.25, 0.3) is 11.0 Å². The van der Waals surface area contributed by atoms with Crippen LogP contribution in [0.1, 0.15) is 36.2 Å². The Hall–Kier alpha value is -2.87. The molecule has 1 aromatic heterocycles. The molecule has 0 aliphatic heterocycles. The minimum Gasteiger partial charge on any atom is -0.324 e. The molecule has 3 rings (SSSR count). The van der Waals surface area contributed by atoms with Gasteiger partial charge in [0.05, 0.1) is 11.0 Å². The normalized spacial score (nSPS) is 12.8. The molecule has 1 amide bonds. The number of fused-ring (bicyclic) bond motifs is 1. The molecule has 0 saturated heterocycles. The molecule has 30 heavy (non-hydrogen) atoms. The summed E-state index contributed by atoms with van der Waals surface area (Å²) in [6.07, 6.45) is -4.85. The standard InChI is InChI=1S/C21H19ClF3N3O2/c1-4-16(19(29)26-14-7-5-13(22)6-8-14)28-17-10-12(3)11(2)9-15(17)27-18(20(28)30)21(23,24)25/h5-10,16H,4H2,1-3H3,(H,26,29). The summed E-state index contributed by atoms with van der Waals surface area (Å²) in [4.78, 5) is 29.3. The van der Waals surface area contributed by atoms with Gasteiger partial charge in [-0.15, -0.1) is 0 Å². The Morgan fingerprint density at radius 2 is 1.77 bits per heavy atom. The number of hydrogen-bond donors (Lipinski definition) is 1. The molecule has 0 saturated carbocycles. The lowest BCUT2D eigenvalue weighted by atomic mass is 10.1. The quantitative estimate of drug-likeness (QED) is 0.604. The van der Waals surface area contributed by atoms with Gasteiger partial charge in [-0.1, -0.05) is 18.5 Å². The van der Waals surface area contributed by atoms with Crippen molar-refractivity contribution < 1.29 is 18.0 Å². The number of nitrogens with one attached hydrogen (secondary N) is 1. The lowest BCUT2D eigenvalue weighted by molar-refractivity contribution is -0.142. The highest BCUT2D eigenvalue weighted by molar-refractivity contribution is 6.30. The smallest absolute Gasteiger partial charge is 0.324 e. The summed E-state index contributed by atoms with van der Waals surface area (Å²) in [5.74, 6) is -0.610. The zero-order valence-electron chi connectivity index (χ0n) is 16.5. The molecular weight excluding hydrogens is 419 g/mol. The second-order valence-electron chi connectivity index (χ2n) is 6.98. The highest BCUT2D eigenvalue weighted by atomic mass is 35.5. The van der Waals surface area contributed by atoms with E-state index in [2.05, 4.69) is 10.3 Å². The Bertz CT molecular complexity index is 1170. The fraction of sp³-hybridized carbons (Fsp3) is 0.286. The largest absolute Gasteiger partial charge is 0.438 e. The minimum atomic E-state index is -4.95. The Morgan fingerprint density at radius 1 is 1.17 bits per heavy atom. The van der Waals surface area contributed by atoms with Gasteiger partial charge in [0.1, 0.15) is 6.04 Å². The number of aromatic nitrogens is 2. The number of rotatable bonds is 4. The van der Waals surface area contributed by atoms with Crippen LogP contribution in [0.3, 0.4) is 0 Å². The lowest BCUT2D eigenvalue weighted by Crippen LogP contribution is -2.37. The van der Waals surface area contributed by atoms with Crippen LogP contribution in [0.15, 0.2) is 41.2 Å². The maximum atomic E-state index is 13.5. The van der Waals surface area contributed by atoms with Gasteiger partial charge in [0, 0.05) is 10.7 Å². The zero-order valence-corrected chi connectivity index (χ0v) is 17.2. The molecule has 158 valence electrons. The van der Waals surface area contributed by atoms with Crippen molar-refractivity contribution in [1.82, 2.24) is 9.55 Å².